The van der Waals surface area contributed by atoms with Crippen LogP contribution in [-0.2, 0) is 4.79 Å². The van der Waals surface area contributed by atoms with Crippen molar-refractivity contribution in [2.75, 3.05) is 19.7 Å². The molecule has 0 aromatic carbocycles. The monoisotopic (exact) mass is 209 g/mol. The molecule has 2 rings (SSSR count). The molecule has 84 valence electrons. The summed E-state index contributed by atoms with van der Waals surface area (Å²) in [7, 11) is 0. The zero-order valence-electron chi connectivity index (χ0n) is 9.11. The van der Waals surface area contributed by atoms with E-state index in [1.54, 1.807) is 0 Å². The third-order valence-electron chi connectivity index (χ3n) is 3.33. The molecule has 0 atom stereocenters. The summed E-state index contributed by atoms with van der Waals surface area (Å²) in [6, 6.07) is 0. The largest absolute Gasteiger partial charge is 0.396 e. The second-order valence-electron chi connectivity index (χ2n) is 4.63. The molecule has 3 nitrogen and oxygen atoms in total. The van der Waals surface area contributed by atoms with Crippen LogP contribution >= 0.6 is 0 Å². The van der Waals surface area contributed by atoms with E-state index >= 15 is 0 Å². The summed E-state index contributed by atoms with van der Waals surface area (Å²) in [5, 5.41) is 8.86. The molecular formula is C12H19NO2. The number of carbonyl (C=O) groups is 1. The fourth-order valence-electron chi connectivity index (χ4n) is 2.26. The SMILES string of the molecule is O=C(CC1=CCCCC1)N1CC(CO)C1. The second kappa shape index (κ2) is 4.79. The van der Waals surface area contributed by atoms with Gasteiger partial charge >= 0.3 is 0 Å². The molecule has 0 aromatic rings. The zero-order valence-corrected chi connectivity index (χ0v) is 9.11. The summed E-state index contributed by atoms with van der Waals surface area (Å²) >= 11 is 0. The third-order valence-corrected chi connectivity index (χ3v) is 3.33. The summed E-state index contributed by atoms with van der Waals surface area (Å²) in [4.78, 5) is 13.6. The van der Waals surface area contributed by atoms with Crippen LogP contribution in [-0.4, -0.2) is 35.6 Å². The van der Waals surface area contributed by atoms with Crippen LogP contribution in [0.5, 0.6) is 0 Å². The first-order chi connectivity index (χ1) is 7.29. The molecule has 1 fully saturated rings. The van der Waals surface area contributed by atoms with Crippen molar-refractivity contribution in [2.24, 2.45) is 5.92 Å². The smallest absolute Gasteiger partial charge is 0.226 e. The Bertz CT molecular complexity index is 267. The number of likely N-dealkylation sites (tertiary alicyclic amines) is 1. The number of aliphatic hydroxyl groups is 1. The van der Waals surface area contributed by atoms with Gasteiger partial charge in [0, 0.05) is 32.0 Å². The molecule has 1 amide bonds. The minimum Gasteiger partial charge on any atom is -0.396 e. The van der Waals surface area contributed by atoms with Crippen LogP contribution in [0.1, 0.15) is 32.1 Å². The van der Waals surface area contributed by atoms with Crippen molar-refractivity contribution in [3.63, 3.8) is 0 Å². The molecule has 2 aliphatic rings. The number of carbonyl (C=O) groups excluding carboxylic acids is 1. The molecule has 0 spiro atoms. The van der Waals surface area contributed by atoms with Gasteiger partial charge in [-0.05, 0) is 25.7 Å². The highest BCUT2D eigenvalue weighted by Gasteiger charge is 2.29. The molecule has 1 saturated heterocycles. The molecule has 1 aliphatic carbocycles. The lowest BCUT2D eigenvalue weighted by Crippen LogP contribution is -2.51. The highest BCUT2D eigenvalue weighted by atomic mass is 16.3. The number of hydrogen-bond acceptors (Lipinski definition) is 2. The molecule has 15 heavy (non-hydrogen) atoms. The van der Waals surface area contributed by atoms with E-state index in [1.807, 2.05) is 4.90 Å². The fraction of sp³-hybridized carbons (Fsp3) is 0.750. The molecule has 0 saturated carbocycles. The van der Waals surface area contributed by atoms with Crippen molar-refractivity contribution >= 4 is 5.91 Å². The summed E-state index contributed by atoms with van der Waals surface area (Å²) in [5.74, 6) is 0.571. The van der Waals surface area contributed by atoms with Crippen molar-refractivity contribution in [3.8, 4) is 0 Å². The van der Waals surface area contributed by atoms with Gasteiger partial charge in [0.15, 0.2) is 0 Å². The predicted octanol–water partition coefficient (Wildman–Crippen LogP) is 1.33. The van der Waals surface area contributed by atoms with Gasteiger partial charge in [0.05, 0.1) is 0 Å². The van der Waals surface area contributed by atoms with Crippen LogP contribution < -0.4 is 0 Å². The Kier molecular flexibility index (Phi) is 3.41. The van der Waals surface area contributed by atoms with Crippen LogP contribution in [0, 0.1) is 5.92 Å². The fourth-order valence-corrected chi connectivity index (χ4v) is 2.26. The lowest BCUT2D eigenvalue weighted by molar-refractivity contribution is -0.137. The van der Waals surface area contributed by atoms with Gasteiger partial charge in [-0.2, -0.15) is 0 Å². The zero-order chi connectivity index (χ0) is 10.7. The van der Waals surface area contributed by atoms with Gasteiger partial charge in [-0.15, -0.1) is 0 Å². The van der Waals surface area contributed by atoms with E-state index in [-0.39, 0.29) is 12.5 Å². The maximum atomic E-state index is 11.8. The summed E-state index contributed by atoms with van der Waals surface area (Å²) < 4.78 is 0. The first-order valence-electron chi connectivity index (χ1n) is 5.86. The van der Waals surface area contributed by atoms with Crippen LogP contribution in [0.25, 0.3) is 0 Å². The molecule has 3 heteroatoms. The average molecular weight is 209 g/mol. The van der Waals surface area contributed by atoms with Gasteiger partial charge < -0.3 is 10.0 Å². The highest BCUT2D eigenvalue weighted by Crippen LogP contribution is 2.23. The number of hydrogen-bond donors (Lipinski definition) is 1. The van der Waals surface area contributed by atoms with E-state index in [9.17, 15) is 4.79 Å². The standard InChI is InChI=1S/C12H19NO2/c14-9-11-7-13(8-11)12(15)6-10-4-2-1-3-5-10/h4,11,14H,1-3,5-9H2. The average Bonchev–Trinajstić information content (AvgIpc) is 2.17. The minimum absolute atomic E-state index is 0.215. The number of rotatable bonds is 3. The quantitative estimate of drug-likeness (QED) is 0.712. The maximum absolute atomic E-state index is 11.8. The topological polar surface area (TPSA) is 40.5 Å². The third kappa shape index (κ3) is 2.59. The van der Waals surface area contributed by atoms with Crippen molar-refractivity contribution in [1.82, 2.24) is 4.90 Å². The van der Waals surface area contributed by atoms with E-state index in [1.165, 1.54) is 18.4 Å². The Morgan fingerprint density at radius 1 is 1.47 bits per heavy atom. The number of aliphatic hydroxyl groups excluding tert-OH is 1. The highest BCUT2D eigenvalue weighted by molar-refractivity contribution is 5.79. The van der Waals surface area contributed by atoms with E-state index < -0.39 is 0 Å². The summed E-state index contributed by atoms with van der Waals surface area (Å²) in [6.45, 7) is 1.72. The molecule has 0 unspecified atom stereocenters. The van der Waals surface area contributed by atoms with Gasteiger partial charge in [-0.3, -0.25) is 4.79 Å². The molecule has 1 heterocycles. The van der Waals surface area contributed by atoms with Gasteiger partial charge in [0.25, 0.3) is 0 Å². The van der Waals surface area contributed by atoms with Crippen molar-refractivity contribution < 1.29 is 9.90 Å². The Balaban J connectivity index is 1.75. The van der Waals surface area contributed by atoms with Gasteiger partial charge in [0.2, 0.25) is 5.91 Å². The summed E-state index contributed by atoms with van der Waals surface area (Å²) in [6.07, 6.45) is 7.58. The Labute approximate surface area is 90.8 Å². The molecule has 0 aromatic heterocycles. The van der Waals surface area contributed by atoms with Crippen molar-refractivity contribution in [2.45, 2.75) is 32.1 Å². The van der Waals surface area contributed by atoms with Gasteiger partial charge in [0.1, 0.15) is 0 Å². The number of nitrogens with zero attached hydrogens (tertiary/aromatic N) is 1. The van der Waals surface area contributed by atoms with Crippen LogP contribution in [0.15, 0.2) is 11.6 Å². The van der Waals surface area contributed by atoms with Crippen molar-refractivity contribution in [3.05, 3.63) is 11.6 Å². The lowest BCUT2D eigenvalue weighted by atomic mass is 9.95. The lowest BCUT2D eigenvalue weighted by Gasteiger charge is -2.38. The minimum atomic E-state index is 0.215. The predicted molar refractivity (Wildman–Crippen MR) is 58.3 cm³/mol. The number of amides is 1. The first-order valence-corrected chi connectivity index (χ1v) is 5.86. The maximum Gasteiger partial charge on any atom is 0.226 e. The number of allylic oxidation sites excluding steroid dienone is 1. The first kappa shape index (κ1) is 10.7. The molecular weight excluding hydrogens is 190 g/mol. The van der Waals surface area contributed by atoms with Crippen LogP contribution in [0.3, 0.4) is 0 Å². The van der Waals surface area contributed by atoms with E-state index in [0.717, 1.165) is 25.9 Å². The Morgan fingerprint density at radius 3 is 2.87 bits per heavy atom. The van der Waals surface area contributed by atoms with E-state index in [4.69, 9.17) is 5.11 Å². The van der Waals surface area contributed by atoms with Gasteiger partial charge in [-0.25, -0.2) is 0 Å². The molecule has 1 N–H and O–H groups in total. The van der Waals surface area contributed by atoms with Crippen molar-refractivity contribution in [1.29, 1.82) is 0 Å². The molecule has 1 aliphatic heterocycles. The van der Waals surface area contributed by atoms with Gasteiger partial charge in [-0.1, -0.05) is 11.6 Å². The van der Waals surface area contributed by atoms with E-state index in [0.29, 0.717) is 12.3 Å². The molecule has 0 bridgehead atoms. The second-order valence-corrected chi connectivity index (χ2v) is 4.63. The Hall–Kier alpha value is -0.830. The van der Waals surface area contributed by atoms with Crippen LogP contribution in [0.2, 0.25) is 0 Å². The normalized spacial score (nSPS) is 22.2. The molecule has 0 radical (unpaired) electrons. The van der Waals surface area contributed by atoms with E-state index in [2.05, 4.69) is 6.08 Å². The summed E-state index contributed by atoms with van der Waals surface area (Å²) in [5.41, 5.74) is 1.32. The Morgan fingerprint density at radius 2 is 2.27 bits per heavy atom. The van der Waals surface area contributed by atoms with Crippen LogP contribution in [0.4, 0.5) is 0 Å².